The molecule has 0 amide bonds. The Labute approximate surface area is 122 Å². The SMILES string of the molecule is CCOc1ccc(NC2CCCCC2CC)cc1OC. The highest BCUT2D eigenvalue weighted by atomic mass is 16.5. The molecule has 0 aliphatic heterocycles. The van der Waals surface area contributed by atoms with Crippen molar-refractivity contribution in [1.29, 1.82) is 0 Å². The first kappa shape index (κ1) is 15.0. The minimum atomic E-state index is 0.594. The number of hydrogen-bond acceptors (Lipinski definition) is 3. The van der Waals surface area contributed by atoms with Gasteiger partial charge in [-0.2, -0.15) is 0 Å². The Hall–Kier alpha value is -1.38. The molecule has 1 saturated carbocycles. The summed E-state index contributed by atoms with van der Waals surface area (Å²) in [5.41, 5.74) is 1.13. The van der Waals surface area contributed by atoms with Crippen LogP contribution < -0.4 is 14.8 Å². The van der Waals surface area contributed by atoms with Gasteiger partial charge in [-0.25, -0.2) is 0 Å². The number of benzene rings is 1. The topological polar surface area (TPSA) is 30.5 Å². The zero-order valence-corrected chi connectivity index (χ0v) is 12.9. The van der Waals surface area contributed by atoms with Crippen molar-refractivity contribution in [2.75, 3.05) is 19.0 Å². The first-order valence-electron chi connectivity index (χ1n) is 7.85. The third kappa shape index (κ3) is 3.59. The number of methoxy groups -OCH3 is 1. The van der Waals surface area contributed by atoms with Crippen LogP contribution >= 0.6 is 0 Å². The standard InChI is InChI=1S/C17H27NO2/c1-4-13-8-6-7-9-15(13)18-14-10-11-16(20-5-2)17(12-14)19-3/h10-13,15,18H,4-9H2,1-3H3. The third-order valence-electron chi connectivity index (χ3n) is 4.25. The number of rotatable bonds is 6. The Balaban J connectivity index is 2.08. The maximum atomic E-state index is 5.56. The summed E-state index contributed by atoms with van der Waals surface area (Å²) < 4.78 is 11.0. The van der Waals surface area contributed by atoms with Gasteiger partial charge in [0.2, 0.25) is 0 Å². The van der Waals surface area contributed by atoms with Crippen molar-refractivity contribution in [2.45, 2.75) is 52.0 Å². The molecule has 2 unspecified atom stereocenters. The molecule has 1 aromatic rings. The van der Waals surface area contributed by atoms with Gasteiger partial charge < -0.3 is 14.8 Å². The van der Waals surface area contributed by atoms with Gasteiger partial charge in [0.05, 0.1) is 13.7 Å². The summed E-state index contributed by atoms with van der Waals surface area (Å²) in [5, 5.41) is 3.69. The van der Waals surface area contributed by atoms with Gasteiger partial charge in [-0.3, -0.25) is 0 Å². The van der Waals surface area contributed by atoms with E-state index in [0.717, 1.165) is 23.1 Å². The molecule has 0 heterocycles. The van der Waals surface area contributed by atoms with Crippen LogP contribution in [0.2, 0.25) is 0 Å². The summed E-state index contributed by atoms with van der Waals surface area (Å²) in [5.74, 6) is 2.42. The molecule has 1 aliphatic rings. The first-order chi connectivity index (χ1) is 9.78. The van der Waals surface area contributed by atoms with Crippen LogP contribution in [0.4, 0.5) is 5.69 Å². The van der Waals surface area contributed by atoms with Crippen LogP contribution in [0, 0.1) is 5.92 Å². The van der Waals surface area contributed by atoms with Crippen molar-refractivity contribution in [3.63, 3.8) is 0 Å². The maximum absolute atomic E-state index is 5.56. The Morgan fingerprint density at radius 1 is 1.15 bits per heavy atom. The van der Waals surface area contributed by atoms with E-state index in [1.807, 2.05) is 19.1 Å². The molecular weight excluding hydrogens is 250 g/mol. The van der Waals surface area contributed by atoms with Crippen molar-refractivity contribution >= 4 is 5.69 Å². The van der Waals surface area contributed by atoms with E-state index < -0.39 is 0 Å². The molecule has 0 spiro atoms. The highest BCUT2D eigenvalue weighted by Gasteiger charge is 2.23. The zero-order chi connectivity index (χ0) is 14.4. The molecule has 2 rings (SSSR count). The number of ether oxygens (including phenoxy) is 2. The molecule has 3 heteroatoms. The van der Waals surface area contributed by atoms with E-state index in [9.17, 15) is 0 Å². The largest absolute Gasteiger partial charge is 0.493 e. The monoisotopic (exact) mass is 277 g/mol. The first-order valence-corrected chi connectivity index (χ1v) is 7.85. The quantitative estimate of drug-likeness (QED) is 0.832. The lowest BCUT2D eigenvalue weighted by atomic mass is 9.83. The summed E-state index contributed by atoms with van der Waals surface area (Å²) in [7, 11) is 1.69. The molecule has 1 fully saturated rings. The van der Waals surface area contributed by atoms with Gasteiger partial charge in [0.25, 0.3) is 0 Å². The van der Waals surface area contributed by atoms with Crippen molar-refractivity contribution < 1.29 is 9.47 Å². The van der Waals surface area contributed by atoms with E-state index in [0.29, 0.717) is 12.6 Å². The average Bonchev–Trinajstić information content (AvgIpc) is 2.49. The molecule has 1 N–H and O–H groups in total. The molecule has 3 nitrogen and oxygen atoms in total. The van der Waals surface area contributed by atoms with Crippen molar-refractivity contribution in [1.82, 2.24) is 0 Å². The smallest absolute Gasteiger partial charge is 0.162 e. The van der Waals surface area contributed by atoms with Crippen LogP contribution in [0.25, 0.3) is 0 Å². The molecule has 20 heavy (non-hydrogen) atoms. The highest BCUT2D eigenvalue weighted by molar-refractivity contribution is 5.55. The molecule has 0 radical (unpaired) electrons. The average molecular weight is 277 g/mol. The van der Waals surface area contributed by atoms with Crippen LogP contribution in [0.1, 0.15) is 46.0 Å². The summed E-state index contributed by atoms with van der Waals surface area (Å²) in [6.45, 7) is 4.94. The van der Waals surface area contributed by atoms with Gasteiger partial charge in [-0.1, -0.05) is 26.2 Å². The number of anilines is 1. The van der Waals surface area contributed by atoms with E-state index >= 15 is 0 Å². The second-order valence-electron chi connectivity index (χ2n) is 5.50. The fourth-order valence-corrected chi connectivity index (χ4v) is 3.13. The summed E-state index contributed by atoms with van der Waals surface area (Å²) in [6.07, 6.45) is 6.59. The summed E-state index contributed by atoms with van der Waals surface area (Å²) in [4.78, 5) is 0. The van der Waals surface area contributed by atoms with Crippen LogP contribution in [0.3, 0.4) is 0 Å². The van der Waals surface area contributed by atoms with E-state index in [4.69, 9.17) is 9.47 Å². The van der Waals surface area contributed by atoms with Gasteiger partial charge >= 0.3 is 0 Å². The minimum absolute atomic E-state index is 0.594. The lowest BCUT2D eigenvalue weighted by Gasteiger charge is -2.32. The van der Waals surface area contributed by atoms with E-state index in [2.05, 4.69) is 18.3 Å². The third-order valence-corrected chi connectivity index (χ3v) is 4.25. The van der Waals surface area contributed by atoms with Crippen molar-refractivity contribution in [3.05, 3.63) is 18.2 Å². The van der Waals surface area contributed by atoms with Gasteiger partial charge in [0, 0.05) is 17.8 Å². The lowest BCUT2D eigenvalue weighted by molar-refractivity contribution is 0.310. The van der Waals surface area contributed by atoms with Gasteiger partial charge in [0.1, 0.15) is 0 Å². The Morgan fingerprint density at radius 2 is 1.95 bits per heavy atom. The number of nitrogens with one attached hydrogen (secondary N) is 1. The normalized spacial score (nSPS) is 22.4. The molecule has 2 atom stereocenters. The highest BCUT2D eigenvalue weighted by Crippen LogP contribution is 2.33. The fourth-order valence-electron chi connectivity index (χ4n) is 3.13. The van der Waals surface area contributed by atoms with Crippen LogP contribution in [-0.4, -0.2) is 19.8 Å². The van der Waals surface area contributed by atoms with Crippen LogP contribution in [-0.2, 0) is 0 Å². The maximum Gasteiger partial charge on any atom is 0.162 e. The van der Waals surface area contributed by atoms with Crippen LogP contribution in [0.15, 0.2) is 18.2 Å². The molecule has 0 saturated heterocycles. The van der Waals surface area contributed by atoms with E-state index in [1.165, 1.54) is 32.1 Å². The van der Waals surface area contributed by atoms with E-state index in [-0.39, 0.29) is 0 Å². The Kier molecular flexibility index (Phi) is 5.57. The fraction of sp³-hybridized carbons (Fsp3) is 0.647. The molecule has 0 bridgehead atoms. The van der Waals surface area contributed by atoms with Crippen molar-refractivity contribution in [2.24, 2.45) is 5.92 Å². The molecule has 0 aromatic heterocycles. The molecule has 1 aromatic carbocycles. The second kappa shape index (κ2) is 7.41. The van der Waals surface area contributed by atoms with E-state index in [1.54, 1.807) is 7.11 Å². The zero-order valence-electron chi connectivity index (χ0n) is 12.9. The van der Waals surface area contributed by atoms with Gasteiger partial charge in [0.15, 0.2) is 11.5 Å². The summed E-state index contributed by atoms with van der Waals surface area (Å²) in [6, 6.07) is 6.73. The van der Waals surface area contributed by atoms with Crippen molar-refractivity contribution in [3.8, 4) is 11.5 Å². The Morgan fingerprint density at radius 3 is 2.65 bits per heavy atom. The molecule has 1 aliphatic carbocycles. The van der Waals surface area contributed by atoms with Gasteiger partial charge in [-0.05, 0) is 37.8 Å². The van der Waals surface area contributed by atoms with Crippen LogP contribution in [0.5, 0.6) is 11.5 Å². The molecular formula is C17H27NO2. The molecule has 112 valence electrons. The predicted molar refractivity (Wildman–Crippen MR) is 83.8 cm³/mol. The number of hydrogen-bond donors (Lipinski definition) is 1. The Bertz CT molecular complexity index is 419. The second-order valence-corrected chi connectivity index (χ2v) is 5.50. The lowest BCUT2D eigenvalue weighted by Crippen LogP contribution is -2.31. The summed E-state index contributed by atoms with van der Waals surface area (Å²) >= 11 is 0. The minimum Gasteiger partial charge on any atom is -0.493 e. The predicted octanol–water partition coefficient (Wildman–Crippen LogP) is 4.47. The van der Waals surface area contributed by atoms with Gasteiger partial charge in [-0.15, -0.1) is 0 Å².